The molecule has 46 heavy (non-hydrogen) atoms. The van der Waals surface area contributed by atoms with Gasteiger partial charge in [0, 0.05) is 26.3 Å². The number of nitrogens with one attached hydrogen (secondary N) is 1. The third-order valence-electron chi connectivity index (χ3n) is 9.71. The van der Waals surface area contributed by atoms with Crippen molar-refractivity contribution in [2.75, 3.05) is 5.32 Å². The summed E-state index contributed by atoms with van der Waals surface area (Å²) in [6, 6.07) is 57.2. The molecule has 1 aliphatic heterocycles. The Balaban J connectivity index is 1.28. The Morgan fingerprint density at radius 1 is 0.478 bits per heavy atom. The first-order valence-corrected chi connectivity index (χ1v) is 16.5. The Morgan fingerprint density at radius 3 is 1.93 bits per heavy atom. The Bertz CT molecular complexity index is 2450. The van der Waals surface area contributed by atoms with E-state index in [2.05, 4.69) is 151 Å². The molecule has 0 atom stereocenters. The fourth-order valence-electron chi connectivity index (χ4n) is 7.80. The standard InChI is InChI=1S/C43H27NOS/c1-2-12-27(13-3-1)28-24-37-42(38(25-28)44-29-22-23-40-33(26-29)32-16-6-10-20-39(32)45-40)46-41-21-11-9-19-36(41)43(37)34-17-7-4-14-30(34)31-15-5-8-18-35(31)43/h1-26,44H. The highest BCUT2D eigenvalue weighted by Crippen LogP contribution is 2.63. The van der Waals surface area contributed by atoms with Gasteiger partial charge in [0.1, 0.15) is 11.2 Å². The maximum Gasteiger partial charge on any atom is 0.135 e. The van der Waals surface area contributed by atoms with Gasteiger partial charge < -0.3 is 9.73 Å². The van der Waals surface area contributed by atoms with Crippen LogP contribution in [-0.4, -0.2) is 0 Å². The molecule has 0 saturated carbocycles. The summed E-state index contributed by atoms with van der Waals surface area (Å²) in [5.41, 5.74) is 13.8. The lowest BCUT2D eigenvalue weighted by Crippen LogP contribution is -2.32. The van der Waals surface area contributed by atoms with Gasteiger partial charge in [-0.3, -0.25) is 0 Å². The molecule has 2 aliphatic rings. The van der Waals surface area contributed by atoms with Crippen molar-refractivity contribution in [3.05, 3.63) is 180 Å². The number of furan rings is 1. The Kier molecular flexibility index (Phi) is 5.46. The molecule has 1 spiro atoms. The van der Waals surface area contributed by atoms with Crippen LogP contribution in [0.25, 0.3) is 44.2 Å². The van der Waals surface area contributed by atoms with Crippen LogP contribution in [0.3, 0.4) is 0 Å². The summed E-state index contributed by atoms with van der Waals surface area (Å²) in [5, 5.41) is 6.15. The van der Waals surface area contributed by atoms with Crippen molar-refractivity contribution >= 4 is 45.1 Å². The first-order valence-electron chi connectivity index (χ1n) is 15.7. The summed E-state index contributed by atoms with van der Waals surface area (Å²) in [7, 11) is 0. The topological polar surface area (TPSA) is 25.2 Å². The molecule has 8 aromatic rings. The van der Waals surface area contributed by atoms with E-state index in [1.54, 1.807) is 0 Å². The Labute approximate surface area is 271 Å². The van der Waals surface area contributed by atoms with Crippen molar-refractivity contribution in [1.29, 1.82) is 0 Å². The van der Waals surface area contributed by atoms with Crippen molar-refractivity contribution in [2.45, 2.75) is 15.2 Å². The van der Waals surface area contributed by atoms with E-state index in [4.69, 9.17) is 4.42 Å². The number of hydrogen-bond acceptors (Lipinski definition) is 3. The van der Waals surface area contributed by atoms with E-state index in [1.165, 1.54) is 54.3 Å². The first-order chi connectivity index (χ1) is 22.8. The number of fused-ring (bicyclic) bond motifs is 12. The second-order valence-corrected chi connectivity index (χ2v) is 13.2. The minimum atomic E-state index is -0.448. The van der Waals surface area contributed by atoms with E-state index in [1.807, 2.05) is 23.9 Å². The van der Waals surface area contributed by atoms with E-state index in [9.17, 15) is 0 Å². The molecule has 0 unspecified atom stereocenters. The van der Waals surface area contributed by atoms with Gasteiger partial charge in [0.15, 0.2) is 0 Å². The fraction of sp³-hybridized carbons (Fsp3) is 0.0233. The SMILES string of the molecule is c1ccc(-c2cc(Nc3ccc4oc5ccccc5c4c3)c3c(c2)C2(c4ccccc4S3)c3ccccc3-c3ccccc32)cc1. The lowest BCUT2D eigenvalue weighted by atomic mass is 9.67. The van der Waals surface area contributed by atoms with Crippen molar-refractivity contribution in [1.82, 2.24) is 0 Å². The lowest BCUT2D eigenvalue weighted by molar-refractivity contribution is 0.669. The molecule has 0 fully saturated rings. The minimum absolute atomic E-state index is 0.448. The molecule has 7 aromatic carbocycles. The van der Waals surface area contributed by atoms with Crippen LogP contribution in [0.5, 0.6) is 0 Å². The predicted octanol–water partition coefficient (Wildman–Crippen LogP) is 11.8. The summed E-state index contributed by atoms with van der Waals surface area (Å²) in [4.78, 5) is 2.54. The molecule has 0 amide bonds. The molecule has 2 nitrogen and oxygen atoms in total. The lowest BCUT2D eigenvalue weighted by Gasteiger charge is -2.40. The van der Waals surface area contributed by atoms with Crippen LogP contribution in [0, 0.1) is 0 Å². The summed E-state index contributed by atoms with van der Waals surface area (Å²) in [6.45, 7) is 0. The first kappa shape index (κ1) is 25.8. The average Bonchev–Trinajstić information content (AvgIpc) is 3.63. The quantitative estimate of drug-likeness (QED) is 0.217. The fourth-order valence-corrected chi connectivity index (χ4v) is 9.04. The van der Waals surface area contributed by atoms with E-state index in [-0.39, 0.29) is 0 Å². The molecule has 2 heterocycles. The largest absolute Gasteiger partial charge is 0.456 e. The van der Waals surface area contributed by atoms with Crippen LogP contribution in [0.4, 0.5) is 11.4 Å². The van der Waals surface area contributed by atoms with Gasteiger partial charge >= 0.3 is 0 Å². The normalized spacial score (nSPS) is 13.7. The molecule has 0 bridgehead atoms. The third-order valence-corrected chi connectivity index (χ3v) is 10.9. The number of anilines is 2. The molecular formula is C43H27NOS. The summed E-state index contributed by atoms with van der Waals surface area (Å²) in [6.07, 6.45) is 0. The van der Waals surface area contributed by atoms with E-state index < -0.39 is 5.41 Å². The zero-order valence-corrected chi connectivity index (χ0v) is 25.6. The Hall–Kier alpha value is -5.51. The molecular weight excluding hydrogens is 579 g/mol. The second-order valence-electron chi connectivity index (χ2n) is 12.1. The summed E-state index contributed by atoms with van der Waals surface area (Å²) in [5.74, 6) is 0. The van der Waals surface area contributed by atoms with Gasteiger partial charge in [0.05, 0.1) is 11.1 Å². The van der Waals surface area contributed by atoms with Gasteiger partial charge in [-0.15, -0.1) is 0 Å². The van der Waals surface area contributed by atoms with Crippen LogP contribution in [0.1, 0.15) is 22.3 Å². The minimum Gasteiger partial charge on any atom is -0.456 e. The van der Waals surface area contributed by atoms with E-state index in [0.29, 0.717) is 0 Å². The average molecular weight is 606 g/mol. The van der Waals surface area contributed by atoms with Crippen LogP contribution in [0.15, 0.2) is 172 Å². The second kappa shape index (κ2) is 9.74. The van der Waals surface area contributed by atoms with Gasteiger partial charge in [0.2, 0.25) is 0 Å². The number of hydrogen-bond donors (Lipinski definition) is 1. The van der Waals surface area contributed by atoms with Crippen molar-refractivity contribution in [2.24, 2.45) is 0 Å². The zero-order chi connectivity index (χ0) is 30.2. The number of benzene rings is 7. The van der Waals surface area contributed by atoms with Crippen molar-refractivity contribution in [3.63, 3.8) is 0 Å². The summed E-state index contributed by atoms with van der Waals surface area (Å²) >= 11 is 1.87. The highest BCUT2D eigenvalue weighted by Gasteiger charge is 2.50. The molecule has 10 rings (SSSR count). The van der Waals surface area contributed by atoms with Crippen LogP contribution >= 0.6 is 11.8 Å². The van der Waals surface area contributed by atoms with Crippen molar-refractivity contribution in [3.8, 4) is 22.3 Å². The zero-order valence-electron chi connectivity index (χ0n) is 24.8. The van der Waals surface area contributed by atoms with Gasteiger partial charge in [-0.2, -0.15) is 0 Å². The van der Waals surface area contributed by atoms with Crippen LogP contribution in [-0.2, 0) is 5.41 Å². The number of rotatable bonds is 3. The van der Waals surface area contributed by atoms with Gasteiger partial charge in [-0.25, -0.2) is 0 Å². The third kappa shape index (κ3) is 3.55. The van der Waals surface area contributed by atoms with Gasteiger partial charge in [-0.05, 0) is 87.0 Å². The molecule has 0 radical (unpaired) electrons. The smallest absolute Gasteiger partial charge is 0.135 e. The monoisotopic (exact) mass is 605 g/mol. The van der Waals surface area contributed by atoms with E-state index >= 15 is 0 Å². The van der Waals surface area contributed by atoms with Gasteiger partial charge in [0.25, 0.3) is 0 Å². The highest BCUT2D eigenvalue weighted by molar-refractivity contribution is 7.99. The van der Waals surface area contributed by atoms with Crippen molar-refractivity contribution < 1.29 is 4.42 Å². The maximum atomic E-state index is 6.16. The predicted molar refractivity (Wildman–Crippen MR) is 190 cm³/mol. The molecule has 3 heteroatoms. The molecule has 1 aromatic heterocycles. The van der Waals surface area contributed by atoms with Crippen LogP contribution < -0.4 is 5.32 Å². The summed E-state index contributed by atoms with van der Waals surface area (Å²) < 4.78 is 6.16. The van der Waals surface area contributed by atoms with E-state index in [0.717, 1.165) is 33.3 Å². The number of para-hydroxylation sites is 1. The molecule has 1 aliphatic carbocycles. The van der Waals surface area contributed by atoms with Crippen LogP contribution in [0.2, 0.25) is 0 Å². The Morgan fingerprint density at radius 2 is 1.13 bits per heavy atom. The maximum absolute atomic E-state index is 6.16. The highest BCUT2D eigenvalue weighted by atomic mass is 32.2. The molecule has 1 N–H and O–H groups in total. The van der Waals surface area contributed by atoms with Gasteiger partial charge in [-0.1, -0.05) is 127 Å². The molecule has 216 valence electrons. The molecule has 0 saturated heterocycles.